The van der Waals surface area contributed by atoms with Gasteiger partial charge < -0.3 is 10.2 Å². The summed E-state index contributed by atoms with van der Waals surface area (Å²) >= 11 is 0. The number of likely N-dealkylation sites (tertiary alicyclic amines) is 1. The van der Waals surface area contributed by atoms with Crippen LogP contribution >= 0.6 is 0 Å². The Morgan fingerprint density at radius 1 is 1.09 bits per heavy atom. The number of fused-ring (bicyclic) bond motifs is 1. The van der Waals surface area contributed by atoms with Crippen LogP contribution in [0.3, 0.4) is 0 Å². The van der Waals surface area contributed by atoms with E-state index in [1.54, 1.807) is 13.0 Å². The van der Waals surface area contributed by atoms with E-state index < -0.39 is 6.04 Å². The van der Waals surface area contributed by atoms with Gasteiger partial charge in [0, 0.05) is 18.3 Å². The third kappa shape index (κ3) is 9.09. The molecule has 172 valence electrons. The standard InChI is InChI=1S/C24H28N2O2.C4H10/c1-19(25-24(28)16-15-20-10-4-2-5-11-20)23(27)18-26-17-9-8-13-21-12-6-3-7-14-22(21)26;1-4(2)3/h2-6,10-12,14-16,19H,7-9,13,17-18H2,1H3,(H,25,28);4H,1-3H3/b16-15+;/t19-;/m0./s1. The predicted octanol–water partition coefficient (Wildman–Crippen LogP) is 5.69. The van der Waals surface area contributed by atoms with Gasteiger partial charge >= 0.3 is 0 Å². The lowest BCUT2D eigenvalue weighted by Crippen LogP contribution is -2.43. The molecule has 0 radical (unpaired) electrons. The van der Waals surface area contributed by atoms with Gasteiger partial charge in [0.05, 0.1) is 12.6 Å². The number of carbonyl (C=O) groups is 2. The van der Waals surface area contributed by atoms with Crippen molar-refractivity contribution in [2.45, 2.75) is 59.4 Å². The van der Waals surface area contributed by atoms with Crippen LogP contribution in [0, 0.1) is 5.92 Å². The molecule has 1 aromatic carbocycles. The first-order valence-electron chi connectivity index (χ1n) is 11.7. The van der Waals surface area contributed by atoms with Crippen molar-refractivity contribution in [2.24, 2.45) is 5.92 Å². The van der Waals surface area contributed by atoms with E-state index in [1.807, 2.05) is 30.3 Å². The van der Waals surface area contributed by atoms with Crippen molar-refractivity contribution in [3.8, 4) is 0 Å². The molecule has 1 fully saturated rings. The van der Waals surface area contributed by atoms with Crippen LogP contribution in [0.5, 0.6) is 0 Å². The number of nitrogens with one attached hydrogen (secondary N) is 1. The van der Waals surface area contributed by atoms with Crippen molar-refractivity contribution in [2.75, 3.05) is 13.1 Å². The fraction of sp³-hybridized carbons (Fsp3) is 0.429. The molecular formula is C28H38N2O2. The fourth-order valence-corrected chi connectivity index (χ4v) is 3.51. The number of ketones is 1. The van der Waals surface area contributed by atoms with Crippen molar-refractivity contribution in [3.63, 3.8) is 0 Å². The van der Waals surface area contributed by atoms with Crippen LogP contribution in [0.1, 0.15) is 58.9 Å². The van der Waals surface area contributed by atoms with Crippen molar-refractivity contribution in [1.29, 1.82) is 0 Å². The zero-order valence-electron chi connectivity index (χ0n) is 20.0. The van der Waals surface area contributed by atoms with Gasteiger partial charge in [-0.1, -0.05) is 75.4 Å². The van der Waals surface area contributed by atoms with Gasteiger partial charge in [-0.2, -0.15) is 0 Å². The normalized spacial score (nSPS) is 16.7. The minimum atomic E-state index is -0.520. The second-order valence-electron chi connectivity index (χ2n) is 9.00. The zero-order chi connectivity index (χ0) is 23.3. The molecule has 1 heterocycles. The van der Waals surface area contributed by atoms with E-state index in [2.05, 4.69) is 55.3 Å². The molecule has 0 aromatic heterocycles. The molecule has 0 spiro atoms. The Labute approximate surface area is 193 Å². The molecule has 32 heavy (non-hydrogen) atoms. The summed E-state index contributed by atoms with van der Waals surface area (Å²) in [5.41, 5.74) is 3.44. The molecule has 1 aliphatic heterocycles. The molecule has 0 unspecified atom stereocenters. The van der Waals surface area contributed by atoms with Gasteiger partial charge in [0.25, 0.3) is 0 Å². The van der Waals surface area contributed by atoms with Gasteiger partial charge in [-0.3, -0.25) is 9.59 Å². The minimum absolute atomic E-state index is 0.0285. The van der Waals surface area contributed by atoms with Crippen LogP contribution in [0.4, 0.5) is 0 Å². The van der Waals surface area contributed by atoms with E-state index in [9.17, 15) is 9.59 Å². The highest BCUT2D eigenvalue weighted by Crippen LogP contribution is 2.27. The van der Waals surface area contributed by atoms with Gasteiger partial charge in [-0.15, -0.1) is 0 Å². The molecule has 4 heteroatoms. The van der Waals surface area contributed by atoms with Crippen LogP contribution < -0.4 is 5.32 Å². The smallest absolute Gasteiger partial charge is 0.244 e. The first-order valence-corrected chi connectivity index (χ1v) is 11.7. The number of Topliss-reactive ketones (excluding diaryl/α,β-unsaturated/α-hetero) is 1. The summed E-state index contributed by atoms with van der Waals surface area (Å²) in [5.74, 6) is 0.611. The molecular weight excluding hydrogens is 396 g/mol. The minimum Gasteiger partial charge on any atom is -0.364 e. The average Bonchev–Trinajstić information content (AvgIpc) is 3.09. The molecule has 2 aliphatic rings. The van der Waals surface area contributed by atoms with Crippen molar-refractivity contribution >= 4 is 17.8 Å². The summed E-state index contributed by atoms with van der Waals surface area (Å²) in [7, 11) is 0. The second-order valence-corrected chi connectivity index (χ2v) is 9.00. The Morgan fingerprint density at radius 2 is 1.81 bits per heavy atom. The largest absolute Gasteiger partial charge is 0.364 e. The van der Waals surface area contributed by atoms with Gasteiger partial charge in [-0.25, -0.2) is 0 Å². The Kier molecular flexibility index (Phi) is 10.7. The molecule has 1 amide bonds. The monoisotopic (exact) mass is 434 g/mol. The summed E-state index contributed by atoms with van der Waals surface area (Å²) in [4.78, 5) is 27.1. The average molecular weight is 435 g/mol. The van der Waals surface area contributed by atoms with E-state index in [-0.39, 0.29) is 11.7 Å². The molecule has 3 rings (SSSR count). The molecule has 4 nitrogen and oxygen atoms in total. The van der Waals surface area contributed by atoms with Crippen LogP contribution in [-0.2, 0) is 9.59 Å². The maximum absolute atomic E-state index is 12.8. The maximum atomic E-state index is 12.8. The number of allylic oxidation sites excluding steroid dienone is 5. The summed E-state index contributed by atoms with van der Waals surface area (Å²) in [5, 5.41) is 2.79. The van der Waals surface area contributed by atoms with Crippen molar-refractivity contribution in [1.82, 2.24) is 10.2 Å². The molecule has 1 saturated heterocycles. The number of hydrogen-bond donors (Lipinski definition) is 1. The second kappa shape index (κ2) is 13.5. The Hall–Kier alpha value is -2.88. The summed E-state index contributed by atoms with van der Waals surface area (Å²) < 4.78 is 0. The first-order chi connectivity index (χ1) is 15.4. The van der Waals surface area contributed by atoms with Gasteiger partial charge in [0.15, 0.2) is 5.78 Å². The van der Waals surface area contributed by atoms with E-state index in [1.165, 1.54) is 17.3 Å². The number of hydrogen-bond acceptors (Lipinski definition) is 3. The highest BCUT2D eigenvalue weighted by atomic mass is 16.2. The van der Waals surface area contributed by atoms with Gasteiger partial charge in [0.1, 0.15) is 0 Å². The topological polar surface area (TPSA) is 49.4 Å². The maximum Gasteiger partial charge on any atom is 0.244 e. The van der Waals surface area contributed by atoms with Crippen LogP contribution in [0.2, 0.25) is 0 Å². The van der Waals surface area contributed by atoms with E-state index in [0.717, 1.165) is 43.7 Å². The van der Waals surface area contributed by atoms with E-state index in [0.29, 0.717) is 6.54 Å². The Balaban J connectivity index is 0.000000837. The van der Waals surface area contributed by atoms with E-state index in [4.69, 9.17) is 0 Å². The SMILES string of the molecule is CC(C)C.C[C@H](NC(=O)/C=C/c1ccccc1)C(=O)CN1CCCCC2=CC=CCC=C21. The van der Waals surface area contributed by atoms with Crippen LogP contribution in [0.25, 0.3) is 6.08 Å². The summed E-state index contributed by atoms with van der Waals surface area (Å²) in [6.45, 7) is 9.46. The number of benzene rings is 1. The molecule has 1 aliphatic carbocycles. The lowest BCUT2D eigenvalue weighted by molar-refractivity contribution is -0.125. The Bertz CT molecular complexity index is 860. The molecule has 1 aromatic rings. The molecule has 1 atom stereocenters. The highest BCUT2D eigenvalue weighted by molar-refractivity contribution is 5.96. The Morgan fingerprint density at radius 3 is 2.53 bits per heavy atom. The lowest BCUT2D eigenvalue weighted by Gasteiger charge is -2.27. The lowest BCUT2D eigenvalue weighted by atomic mass is 10.1. The molecule has 0 saturated carbocycles. The van der Waals surface area contributed by atoms with Crippen LogP contribution in [-0.4, -0.2) is 35.7 Å². The summed E-state index contributed by atoms with van der Waals surface area (Å²) in [6, 6.07) is 9.11. The van der Waals surface area contributed by atoms with Gasteiger partial charge in [-0.05, 0) is 55.7 Å². The van der Waals surface area contributed by atoms with Crippen LogP contribution in [0.15, 0.2) is 72.0 Å². The molecule has 1 N–H and O–H groups in total. The number of rotatable bonds is 6. The predicted molar refractivity (Wildman–Crippen MR) is 134 cm³/mol. The van der Waals surface area contributed by atoms with Crippen molar-refractivity contribution in [3.05, 3.63) is 77.5 Å². The fourth-order valence-electron chi connectivity index (χ4n) is 3.51. The van der Waals surface area contributed by atoms with E-state index >= 15 is 0 Å². The highest BCUT2D eigenvalue weighted by Gasteiger charge is 2.23. The third-order valence-corrected chi connectivity index (χ3v) is 5.09. The number of amides is 1. The number of nitrogens with zero attached hydrogens (tertiary/aromatic N) is 1. The quantitative estimate of drug-likeness (QED) is 0.585. The van der Waals surface area contributed by atoms with Crippen molar-refractivity contribution < 1.29 is 9.59 Å². The van der Waals surface area contributed by atoms with Gasteiger partial charge in [0.2, 0.25) is 5.91 Å². The molecule has 0 bridgehead atoms. The zero-order valence-corrected chi connectivity index (χ0v) is 20.0. The third-order valence-electron chi connectivity index (χ3n) is 5.09. The number of carbonyl (C=O) groups excluding carboxylic acids is 2. The first kappa shape index (κ1) is 25.4. The summed E-state index contributed by atoms with van der Waals surface area (Å²) in [6.07, 6.45) is 16.0.